The van der Waals surface area contributed by atoms with E-state index in [1.807, 2.05) is 30.3 Å². The monoisotopic (exact) mass is 455 g/mol. The van der Waals surface area contributed by atoms with Crippen molar-refractivity contribution in [2.45, 2.75) is 17.4 Å². The van der Waals surface area contributed by atoms with Gasteiger partial charge in [-0.25, -0.2) is 8.42 Å². The van der Waals surface area contributed by atoms with Crippen LogP contribution in [0.2, 0.25) is 0 Å². The molecule has 0 radical (unpaired) electrons. The van der Waals surface area contributed by atoms with Gasteiger partial charge in [-0.15, -0.1) is 0 Å². The number of sulfone groups is 1. The lowest BCUT2D eigenvalue weighted by molar-refractivity contribution is -0.120. The van der Waals surface area contributed by atoms with Gasteiger partial charge >= 0.3 is 0 Å². The fourth-order valence-corrected chi connectivity index (χ4v) is 3.99. The van der Waals surface area contributed by atoms with Crippen molar-refractivity contribution in [3.05, 3.63) is 71.6 Å². The van der Waals surface area contributed by atoms with Crippen LogP contribution in [0, 0.1) is 0 Å². The summed E-state index contributed by atoms with van der Waals surface area (Å²) in [6.07, 6.45) is 1.56. The number of hydrogen-bond acceptors (Lipinski definition) is 7. The first kappa shape index (κ1) is 21.6. The molecule has 9 nitrogen and oxygen atoms in total. The number of rotatable bonds is 5. The Morgan fingerprint density at radius 2 is 1.94 bits per heavy atom. The Bertz CT molecular complexity index is 1270. The predicted octanol–water partition coefficient (Wildman–Crippen LogP) is 1.82. The molecule has 1 N–H and O–H groups in total. The van der Waals surface area contributed by atoms with Gasteiger partial charge in [-0.2, -0.15) is 0 Å². The second-order valence-corrected chi connectivity index (χ2v) is 9.49. The lowest BCUT2D eigenvalue weighted by Crippen LogP contribution is -2.49. The summed E-state index contributed by atoms with van der Waals surface area (Å²) < 4.78 is 34.6. The van der Waals surface area contributed by atoms with Gasteiger partial charge in [0.15, 0.2) is 15.5 Å². The first-order valence-corrected chi connectivity index (χ1v) is 11.7. The molecular formula is C22H21N3O6S. The lowest BCUT2D eigenvalue weighted by atomic mass is 10.1. The highest BCUT2D eigenvalue weighted by Gasteiger charge is 2.32. The molecule has 2 heterocycles. The molecule has 3 aromatic rings. The standard InChI is InChI=1S/C22H21N3O6S/c1-25-19-12-16(32(2,28)29)8-9-20(19)30-13-18(22(25)27)23-21(26)17-11-15(31-24-17)10-14-6-4-3-5-7-14/h3-9,11-12,18H,10,13H2,1-2H3,(H,23,26)/t18-/m0/s1. The van der Waals surface area contributed by atoms with Crippen molar-refractivity contribution in [3.63, 3.8) is 0 Å². The Morgan fingerprint density at radius 3 is 2.66 bits per heavy atom. The summed E-state index contributed by atoms with van der Waals surface area (Å²) in [4.78, 5) is 26.9. The van der Waals surface area contributed by atoms with E-state index in [4.69, 9.17) is 9.26 Å². The zero-order chi connectivity index (χ0) is 22.9. The summed E-state index contributed by atoms with van der Waals surface area (Å²) in [6.45, 7) is -0.116. The van der Waals surface area contributed by atoms with E-state index in [-0.39, 0.29) is 17.2 Å². The first-order valence-electron chi connectivity index (χ1n) is 9.77. The molecule has 0 saturated carbocycles. The second kappa shape index (κ2) is 8.46. The third kappa shape index (κ3) is 4.50. The molecule has 1 aliphatic heterocycles. The highest BCUT2D eigenvalue weighted by molar-refractivity contribution is 7.90. The molecule has 1 aliphatic rings. The number of nitrogens with one attached hydrogen (secondary N) is 1. The quantitative estimate of drug-likeness (QED) is 0.623. The molecule has 2 aromatic carbocycles. The molecule has 0 aliphatic carbocycles. The van der Waals surface area contributed by atoms with Gasteiger partial charge in [-0.1, -0.05) is 35.5 Å². The summed E-state index contributed by atoms with van der Waals surface area (Å²) in [7, 11) is -1.96. The minimum absolute atomic E-state index is 0.0486. The second-order valence-electron chi connectivity index (χ2n) is 7.48. The maximum absolute atomic E-state index is 12.9. The maximum Gasteiger partial charge on any atom is 0.274 e. The third-order valence-corrected chi connectivity index (χ3v) is 6.18. The van der Waals surface area contributed by atoms with Crippen LogP contribution in [0.5, 0.6) is 5.75 Å². The molecular weight excluding hydrogens is 434 g/mol. The van der Waals surface area contributed by atoms with E-state index in [0.717, 1.165) is 11.8 Å². The van der Waals surface area contributed by atoms with Crippen LogP contribution in [0.4, 0.5) is 5.69 Å². The van der Waals surface area contributed by atoms with E-state index >= 15 is 0 Å². The van der Waals surface area contributed by atoms with Gasteiger partial charge in [0.1, 0.15) is 24.2 Å². The van der Waals surface area contributed by atoms with Crippen LogP contribution in [-0.4, -0.2) is 51.3 Å². The number of benzene rings is 2. The number of hydrogen-bond donors (Lipinski definition) is 1. The molecule has 0 unspecified atom stereocenters. The zero-order valence-electron chi connectivity index (χ0n) is 17.4. The Labute approximate surface area is 184 Å². The largest absolute Gasteiger partial charge is 0.489 e. The molecule has 0 bridgehead atoms. The highest BCUT2D eigenvalue weighted by Crippen LogP contribution is 2.33. The summed E-state index contributed by atoms with van der Waals surface area (Å²) >= 11 is 0. The van der Waals surface area contributed by atoms with E-state index in [2.05, 4.69) is 10.5 Å². The van der Waals surface area contributed by atoms with Crippen LogP contribution in [-0.2, 0) is 21.1 Å². The number of nitrogens with zero attached hydrogens (tertiary/aromatic N) is 2. The van der Waals surface area contributed by atoms with Crippen molar-refractivity contribution in [2.24, 2.45) is 0 Å². The van der Waals surface area contributed by atoms with Crippen LogP contribution in [0.25, 0.3) is 0 Å². The lowest BCUT2D eigenvalue weighted by Gasteiger charge is -2.20. The molecule has 10 heteroatoms. The smallest absolute Gasteiger partial charge is 0.274 e. The summed E-state index contributed by atoms with van der Waals surface area (Å²) in [5, 5.41) is 6.42. The van der Waals surface area contributed by atoms with Crippen LogP contribution in [0.3, 0.4) is 0 Å². The molecule has 1 aromatic heterocycles. The number of aromatic nitrogens is 1. The van der Waals surface area contributed by atoms with Crippen molar-refractivity contribution in [1.82, 2.24) is 10.5 Å². The minimum atomic E-state index is -3.46. The van der Waals surface area contributed by atoms with Crippen molar-refractivity contribution in [1.29, 1.82) is 0 Å². The average Bonchev–Trinajstić information content (AvgIpc) is 3.20. The molecule has 4 rings (SSSR count). The third-order valence-electron chi connectivity index (χ3n) is 5.07. The summed E-state index contributed by atoms with van der Waals surface area (Å²) in [6, 6.07) is 14.4. The SMILES string of the molecule is CN1C(=O)[C@@H](NC(=O)c2cc(Cc3ccccc3)on2)COc2ccc(S(C)(=O)=O)cc21. The molecule has 0 saturated heterocycles. The first-order chi connectivity index (χ1) is 15.2. The van der Waals surface area contributed by atoms with Crippen LogP contribution < -0.4 is 15.0 Å². The van der Waals surface area contributed by atoms with Gasteiger partial charge in [0.05, 0.1) is 10.6 Å². The van der Waals surface area contributed by atoms with E-state index < -0.39 is 27.7 Å². The van der Waals surface area contributed by atoms with E-state index in [1.54, 1.807) is 0 Å². The predicted molar refractivity (Wildman–Crippen MR) is 115 cm³/mol. The Hall–Kier alpha value is -3.66. The van der Waals surface area contributed by atoms with Gasteiger partial charge in [-0.3, -0.25) is 9.59 Å². The van der Waals surface area contributed by atoms with Crippen molar-refractivity contribution in [3.8, 4) is 5.75 Å². The van der Waals surface area contributed by atoms with Crippen molar-refractivity contribution in [2.75, 3.05) is 24.8 Å². The number of carbonyl (C=O) groups is 2. The average molecular weight is 455 g/mol. The van der Waals surface area contributed by atoms with Gasteiger partial charge in [-0.05, 0) is 23.8 Å². The molecule has 0 spiro atoms. The number of carbonyl (C=O) groups excluding carboxylic acids is 2. The van der Waals surface area contributed by atoms with Gasteiger partial charge in [0.2, 0.25) is 0 Å². The van der Waals surface area contributed by atoms with E-state index in [1.165, 1.54) is 36.2 Å². The molecule has 166 valence electrons. The Balaban J connectivity index is 1.48. The van der Waals surface area contributed by atoms with E-state index in [0.29, 0.717) is 23.6 Å². The fraction of sp³-hybridized carbons (Fsp3) is 0.227. The topological polar surface area (TPSA) is 119 Å². The van der Waals surface area contributed by atoms with E-state index in [9.17, 15) is 18.0 Å². The number of ether oxygens (including phenoxy) is 1. The fourth-order valence-electron chi connectivity index (χ4n) is 3.34. The maximum atomic E-state index is 12.9. The number of amides is 2. The summed E-state index contributed by atoms with van der Waals surface area (Å²) in [5.74, 6) is -0.166. The summed E-state index contributed by atoms with van der Waals surface area (Å²) in [5.41, 5.74) is 1.37. The van der Waals surface area contributed by atoms with Crippen LogP contribution in [0.15, 0.2) is 64.0 Å². The molecule has 1 atom stereocenters. The van der Waals surface area contributed by atoms with Gasteiger partial charge in [0, 0.05) is 25.8 Å². The van der Waals surface area contributed by atoms with Crippen LogP contribution in [0.1, 0.15) is 21.8 Å². The number of anilines is 1. The number of likely N-dealkylation sites (N-methyl/N-ethyl adjacent to an activating group) is 1. The normalized spacial score (nSPS) is 16.1. The molecule has 0 fully saturated rings. The molecule has 32 heavy (non-hydrogen) atoms. The number of fused-ring (bicyclic) bond motifs is 1. The Kier molecular flexibility index (Phi) is 5.70. The highest BCUT2D eigenvalue weighted by atomic mass is 32.2. The Morgan fingerprint density at radius 1 is 1.19 bits per heavy atom. The zero-order valence-corrected chi connectivity index (χ0v) is 18.3. The van der Waals surface area contributed by atoms with Gasteiger partial charge in [0.25, 0.3) is 11.8 Å². The minimum Gasteiger partial charge on any atom is -0.489 e. The van der Waals surface area contributed by atoms with Crippen molar-refractivity contribution >= 4 is 27.3 Å². The van der Waals surface area contributed by atoms with Crippen LogP contribution >= 0.6 is 0 Å². The van der Waals surface area contributed by atoms with Gasteiger partial charge < -0.3 is 19.5 Å². The van der Waals surface area contributed by atoms with Crippen molar-refractivity contribution < 1.29 is 27.3 Å². The molecule has 2 amide bonds.